The Morgan fingerprint density at radius 2 is 1.00 bits per heavy atom. The zero-order valence-corrected chi connectivity index (χ0v) is 7.73. The van der Waals surface area contributed by atoms with Gasteiger partial charge in [0.2, 0.25) is 0 Å². The maximum atomic E-state index is 2.31. The molecule has 0 saturated heterocycles. The Kier molecular flexibility index (Phi) is 25.5. The summed E-state index contributed by atoms with van der Waals surface area (Å²) in [5.74, 6) is 6.92. The molecule has 0 aliphatic heterocycles. The first-order chi connectivity index (χ1) is 1.73. The molecule has 0 radical (unpaired) electrons. The normalized spacial score (nSPS) is 4.50. The fourth-order valence-corrected chi connectivity index (χ4v) is 0. The van der Waals surface area contributed by atoms with Crippen molar-refractivity contribution in [2.75, 3.05) is 0 Å². The van der Waals surface area contributed by atoms with E-state index in [9.17, 15) is 0 Å². The number of hydrogen-bond donors (Lipinski definition) is 0. The van der Waals surface area contributed by atoms with E-state index in [0.29, 0.717) is 0 Å². The van der Waals surface area contributed by atoms with Crippen LogP contribution in [0.4, 0.5) is 0 Å². The van der Waals surface area contributed by atoms with Gasteiger partial charge in [0, 0.05) is 0 Å². The van der Waals surface area contributed by atoms with Crippen LogP contribution in [0.1, 0.15) is 0 Å². The van der Waals surface area contributed by atoms with Crippen LogP contribution in [-0.2, 0) is 0 Å². The summed E-state index contributed by atoms with van der Waals surface area (Å²) in [7, 11) is 0. The third-order valence-corrected chi connectivity index (χ3v) is 0. The van der Waals surface area contributed by atoms with Crippen LogP contribution in [0.3, 0.4) is 0 Å². The van der Waals surface area contributed by atoms with Gasteiger partial charge < -0.3 is 0 Å². The molecule has 0 amide bonds. The van der Waals surface area contributed by atoms with Crippen LogP contribution in [0.15, 0.2) is 0 Å². The van der Waals surface area contributed by atoms with Crippen LogP contribution >= 0.6 is 0 Å². The van der Waals surface area contributed by atoms with Gasteiger partial charge >= 0.3 is 29.6 Å². The van der Waals surface area contributed by atoms with Crippen molar-refractivity contribution in [1.29, 1.82) is 0 Å². The van der Waals surface area contributed by atoms with E-state index < -0.39 is 0 Å². The topological polar surface area (TPSA) is 0 Å². The molecule has 0 bridgehead atoms. The Labute approximate surface area is 69.0 Å². The van der Waals surface area contributed by atoms with Crippen LogP contribution in [0.25, 0.3) is 0 Å². The summed E-state index contributed by atoms with van der Waals surface area (Å²) in [5, 5.41) is 0. The minimum absolute atomic E-state index is 0. The van der Waals surface area contributed by atoms with Crippen LogP contribution in [0, 0.1) is 0 Å². The van der Waals surface area contributed by atoms with Gasteiger partial charge in [0.15, 0.2) is 0 Å². The maximum Gasteiger partial charge on any atom is 1.00 e. The second-order valence-electron chi connectivity index (χ2n) is 1.73. The second-order valence-corrected chi connectivity index (χ2v) is 5.20. The third-order valence-electron chi connectivity index (χ3n) is 0. The summed E-state index contributed by atoms with van der Waals surface area (Å²) in [6, 6.07) is 0. The number of hydrogen-bond acceptors (Lipinski definition) is 0. The summed E-state index contributed by atoms with van der Waals surface area (Å²) in [6.45, 7) is 0. The smallest absolute Gasteiger partial charge is 0.106 e. The van der Waals surface area contributed by atoms with Crippen LogP contribution in [0.2, 0.25) is 17.4 Å². The van der Waals surface area contributed by atoms with E-state index in [-0.39, 0.29) is 52.1 Å². The Morgan fingerprint density at radius 1 is 1.00 bits per heavy atom. The predicted molar refractivity (Wildman–Crippen MR) is 34.7 cm³/mol. The quantitative estimate of drug-likeness (QED) is 0.290. The van der Waals surface area contributed by atoms with Crippen molar-refractivity contribution in [1.82, 2.24) is 0 Å². The molecular formula is C3H13AlBNa. The number of rotatable bonds is 0. The molecular weight excluding hydrogens is 96.8 g/mol. The first kappa shape index (κ1) is 15.6. The van der Waals surface area contributed by atoms with Crippen molar-refractivity contribution in [2.45, 2.75) is 17.4 Å². The van der Waals surface area contributed by atoms with E-state index in [2.05, 4.69) is 17.4 Å². The minimum atomic E-state index is -0.139. The van der Waals surface area contributed by atoms with E-state index in [1.807, 2.05) is 0 Å². The average Bonchev–Trinajstić information content (AvgIpc) is 0.811. The Bertz CT molecular complexity index is 15.5. The second kappa shape index (κ2) is 9.78. The van der Waals surface area contributed by atoms with Gasteiger partial charge in [-0.05, 0) is 0 Å². The average molecular weight is 110 g/mol. The minimum Gasteiger partial charge on any atom is -0.106 e. The molecule has 3 heteroatoms. The first-order valence-corrected chi connectivity index (χ1v) is 5.20. The van der Waals surface area contributed by atoms with Crippen LogP contribution < -0.4 is 29.6 Å². The molecule has 32 valence electrons. The molecule has 0 saturated carbocycles. The molecule has 0 spiro atoms. The molecule has 0 rings (SSSR count). The van der Waals surface area contributed by atoms with Crippen molar-refractivity contribution >= 4 is 22.6 Å². The molecule has 0 atom stereocenters. The Morgan fingerprint density at radius 3 is 1.00 bits per heavy atom. The van der Waals surface area contributed by atoms with Crippen molar-refractivity contribution in [3.8, 4) is 0 Å². The molecule has 0 heterocycles. The van der Waals surface area contributed by atoms with E-state index in [0.717, 1.165) is 0 Å². The fraction of sp³-hybridized carbons (Fsp3) is 1.00. The summed E-state index contributed by atoms with van der Waals surface area (Å²) < 4.78 is 0. The molecule has 0 aromatic rings. The zero-order chi connectivity index (χ0) is 3.58. The van der Waals surface area contributed by atoms with Gasteiger partial charge in [-0.3, -0.25) is 0 Å². The zero-order valence-electron chi connectivity index (χ0n) is 4.58. The molecule has 0 N–H and O–H groups in total. The summed E-state index contributed by atoms with van der Waals surface area (Å²) >= 11 is -0.139. The molecule has 0 aliphatic rings. The van der Waals surface area contributed by atoms with Gasteiger partial charge in [0.05, 0.1) is 0 Å². The summed E-state index contributed by atoms with van der Waals surface area (Å²) in [5.41, 5.74) is 0. The van der Waals surface area contributed by atoms with E-state index in [1.54, 1.807) is 0 Å². The summed E-state index contributed by atoms with van der Waals surface area (Å²) in [4.78, 5) is 0. The largest absolute Gasteiger partial charge is 1.00 e. The van der Waals surface area contributed by atoms with Crippen molar-refractivity contribution in [3.05, 3.63) is 0 Å². The van der Waals surface area contributed by atoms with Gasteiger partial charge in [-0.2, -0.15) is 0 Å². The molecule has 0 unspecified atom stereocenters. The van der Waals surface area contributed by atoms with Crippen molar-refractivity contribution in [2.24, 2.45) is 0 Å². The summed E-state index contributed by atoms with van der Waals surface area (Å²) in [6.07, 6.45) is 0. The van der Waals surface area contributed by atoms with E-state index in [1.165, 1.54) is 0 Å². The van der Waals surface area contributed by atoms with E-state index >= 15 is 0 Å². The van der Waals surface area contributed by atoms with Crippen molar-refractivity contribution in [3.63, 3.8) is 0 Å². The SMILES string of the molecule is [BH4-].[CH3][Al]([CH3])[CH3].[Na+]. The fourth-order valence-electron chi connectivity index (χ4n) is 0. The Balaban J connectivity index is -0.0000000450. The van der Waals surface area contributed by atoms with Crippen LogP contribution in [-0.4, -0.2) is 22.6 Å². The standard InChI is InChI=1S/3CH3.Al.BH4.Na/h3*1H3;;1H4;/q;;;;-1;+1. The predicted octanol–water partition coefficient (Wildman–Crippen LogP) is -3.08. The van der Waals surface area contributed by atoms with Gasteiger partial charge in [-0.15, -0.1) is 17.4 Å². The first-order valence-electron chi connectivity index (χ1n) is 1.73. The van der Waals surface area contributed by atoms with Gasteiger partial charge in [0.1, 0.15) is 0 Å². The van der Waals surface area contributed by atoms with Crippen LogP contribution in [0.5, 0.6) is 0 Å². The van der Waals surface area contributed by atoms with Gasteiger partial charge in [-0.1, -0.05) is 8.41 Å². The van der Waals surface area contributed by atoms with Crippen molar-refractivity contribution < 1.29 is 29.6 Å². The monoisotopic (exact) mass is 110 g/mol. The maximum absolute atomic E-state index is 2.31. The molecule has 0 aromatic carbocycles. The molecule has 0 aromatic heterocycles. The van der Waals surface area contributed by atoms with Gasteiger partial charge in [0.25, 0.3) is 14.1 Å². The van der Waals surface area contributed by atoms with E-state index in [4.69, 9.17) is 0 Å². The Hall–Kier alpha value is 1.60. The third kappa shape index (κ3) is 46.4. The van der Waals surface area contributed by atoms with Gasteiger partial charge in [-0.25, -0.2) is 0 Å². The molecule has 6 heavy (non-hydrogen) atoms. The molecule has 0 aliphatic carbocycles. The molecule has 0 nitrogen and oxygen atoms in total. The molecule has 0 fully saturated rings.